The lowest BCUT2D eigenvalue weighted by Crippen LogP contribution is -1.96. The molecule has 0 fully saturated rings. The van der Waals surface area contributed by atoms with E-state index < -0.39 is 0 Å². The van der Waals surface area contributed by atoms with E-state index in [0.29, 0.717) is 0 Å². The van der Waals surface area contributed by atoms with Gasteiger partial charge in [0.05, 0.1) is 11.6 Å². The van der Waals surface area contributed by atoms with Crippen LogP contribution in [0.15, 0.2) is 18.2 Å². The summed E-state index contributed by atoms with van der Waals surface area (Å²) in [6, 6.07) is 7.97. The van der Waals surface area contributed by atoms with Crippen LogP contribution in [0.2, 0.25) is 0 Å². The summed E-state index contributed by atoms with van der Waals surface area (Å²) in [6.45, 7) is 4.86. The SMILES string of the molecule is CCNc1ccc(C)c(C#N)c1. The summed E-state index contributed by atoms with van der Waals surface area (Å²) >= 11 is 0. The monoisotopic (exact) mass is 160 g/mol. The lowest BCUT2D eigenvalue weighted by atomic mass is 10.1. The van der Waals surface area contributed by atoms with Crippen LogP contribution in [0, 0.1) is 18.3 Å². The molecule has 0 aliphatic rings. The highest BCUT2D eigenvalue weighted by Crippen LogP contribution is 2.13. The number of rotatable bonds is 2. The van der Waals surface area contributed by atoms with E-state index in [4.69, 9.17) is 5.26 Å². The Balaban J connectivity index is 2.99. The molecule has 0 saturated carbocycles. The van der Waals surface area contributed by atoms with Gasteiger partial charge in [-0.15, -0.1) is 0 Å². The first-order chi connectivity index (χ1) is 5.77. The minimum atomic E-state index is 0.744. The minimum Gasteiger partial charge on any atom is -0.385 e. The molecule has 0 aliphatic carbocycles. The molecule has 1 rings (SSSR count). The van der Waals surface area contributed by atoms with Crippen LogP contribution in [0.5, 0.6) is 0 Å². The molecule has 2 heteroatoms. The summed E-state index contributed by atoms with van der Waals surface area (Å²) in [7, 11) is 0. The quantitative estimate of drug-likeness (QED) is 0.720. The van der Waals surface area contributed by atoms with Gasteiger partial charge in [-0.25, -0.2) is 0 Å². The van der Waals surface area contributed by atoms with Crippen molar-refractivity contribution in [2.24, 2.45) is 0 Å². The van der Waals surface area contributed by atoms with Crippen LogP contribution in [0.1, 0.15) is 18.1 Å². The fourth-order valence-corrected chi connectivity index (χ4v) is 1.06. The molecular weight excluding hydrogens is 148 g/mol. The molecule has 0 saturated heterocycles. The van der Waals surface area contributed by atoms with Crippen molar-refractivity contribution in [3.8, 4) is 6.07 Å². The molecule has 12 heavy (non-hydrogen) atoms. The van der Waals surface area contributed by atoms with Crippen molar-refractivity contribution in [1.82, 2.24) is 0 Å². The maximum absolute atomic E-state index is 8.73. The van der Waals surface area contributed by atoms with E-state index in [-0.39, 0.29) is 0 Å². The molecule has 0 heterocycles. The maximum Gasteiger partial charge on any atom is 0.0995 e. The van der Waals surface area contributed by atoms with Crippen LogP contribution in [-0.4, -0.2) is 6.54 Å². The largest absolute Gasteiger partial charge is 0.385 e. The van der Waals surface area contributed by atoms with Crippen molar-refractivity contribution in [2.45, 2.75) is 13.8 Å². The predicted octanol–water partition coefficient (Wildman–Crippen LogP) is 2.30. The van der Waals surface area contributed by atoms with Gasteiger partial charge in [0.2, 0.25) is 0 Å². The van der Waals surface area contributed by atoms with E-state index in [2.05, 4.69) is 11.4 Å². The third kappa shape index (κ3) is 1.76. The van der Waals surface area contributed by atoms with E-state index in [1.165, 1.54) is 0 Å². The molecule has 0 aromatic heterocycles. The van der Waals surface area contributed by atoms with Crippen molar-refractivity contribution in [3.05, 3.63) is 29.3 Å². The second-order valence-electron chi connectivity index (χ2n) is 2.67. The molecule has 0 spiro atoms. The molecule has 0 amide bonds. The van der Waals surface area contributed by atoms with Crippen LogP contribution >= 0.6 is 0 Å². The second kappa shape index (κ2) is 3.77. The first-order valence-electron chi connectivity index (χ1n) is 4.02. The minimum absolute atomic E-state index is 0.744. The van der Waals surface area contributed by atoms with Crippen LogP contribution in [0.3, 0.4) is 0 Å². The average Bonchev–Trinajstić information content (AvgIpc) is 2.09. The van der Waals surface area contributed by atoms with Gasteiger partial charge in [0, 0.05) is 12.2 Å². The summed E-state index contributed by atoms with van der Waals surface area (Å²) in [4.78, 5) is 0. The highest BCUT2D eigenvalue weighted by molar-refractivity contribution is 5.52. The second-order valence-corrected chi connectivity index (χ2v) is 2.67. The summed E-state index contributed by atoms with van der Waals surface area (Å²) in [5.74, 6) is 0. The van der Waals surface area contributed by atoms with Crippen molar-refractivity contribution in [2.75, 3.05) is 11.9 Å². The lowest BCUT2D eigenvalue weighted by molar-refractivity contribution is 1.21. The van der Waals surface area contributed by atoms with Crippen molar-refractivity contribution >= 4 is 5.69 Å². The molecule has 0 atom stereocenters. The Morgan fingerprint density at radius 1 is 1.50 bits per heavy atom. The third-order valence-corrected chi connectivity index (χ3v) is 1.74. The summed E-state index contributed by atoms with van der Waals surface area (Å²) in [5, 5.41) is 11.9. The normalized spacial score (nSPS) is 9.08. The van der Waals surface area contributed by atoms with Crippen LogP contribution in [0.4, 0.5) is 5.69 Å². The zero-order valence-corrected chi connectivity index (χ0v) is 7.39. The molecule has 0 bridgehead atoms. The predicted molar refractivity (Wildman–Crippen MR) is 50.1 cm³/mol. The van der Waals surface area contributed by atoms with Gasteiger partial charge in [-0.3, -0.25) is 0 Å². The molecule has 2 nitrogen and oxygen atoms in total. The fraction of sp³-hybridized carbons (Fsp3) is 0.300. The van der Waals surface area contributed by atoms with Gasteiger partial charge in [0.15, 0.2) is 0 Å². The number of anilines is 1. The Kier molecular flexibility index (Phi) is 2.71. The Bertz CT molecular complexity index is 310. The number of benzene rings is 1. The summed E-state index contributed by atoms with van der Waals surface area (Å²) in [5.41, 5.74) is 2.78. The van der Waals surface area contributed by atoms with E-state index in [0.717, 1.165) is 23.4 Å². The van der Waals surface area contributed by atoms with Gasteiger partial charge in [-0.2, -0.15) is 5.26 Å². The first-order valence-corrected chi connectivity index (χ1v) is 4.02. The summed E-state index contributed by atoms with van der Waals surface area (Å²) < 4.78 is 0. The highest BCUT2D eigenvalue weighted by Gasteiger charge is 1.97. The smallest absolute Gasteiger partial charge is 0.0995 e. The van der Waals surface area contributed by atoms with Gasteiger partial charge in [-0.1, -0.05) is 6.07 Å². The third-order valence-electron chi connectivity index (χ3n) is 1.74. The molecule has 0 unspecified atom stereocenters. The van der Waals surface area contributed by atoms with Crippen LogP contribution in [0.25, 0.3) is 0 Å². The zero-order valence-electron chi connectivity index (χ0n) is 7.39. The number of hydrogen-bond donors (Lipinski definition) is 1. The van der Waals surface area contributed by atoms with Gasteiger partial charge < -0.3 is 5.32 Å². The zero-order chi connectivity index (χ0) is 8.97. The van der Waals surface area contributed by atoms with Crippen molar-refractivity contribution in [1.29, 1.82) is 5.26 Å². The first kappa shape index (κ1) is 8.61. The van der Waals surface area contributed by atoms with E-state index in [1.54, 1.807) is 0 Å². The Morgan fingerprint density at radius 3 is 2.83 bits per heavy atom. The van der Waals surface area contributed by atoms with E-state index >= 15 is 0 Å². The van der Waals surface area contributed by atoms with E-state index in [1.807, 2.05) is 32.0 Å². The molecular formula is C10H12N2. The maximum atomic E-state index is 8.73. The number of hydrogen-bond acceptors (Lipinski definition) is 2. The molecule has 1 aromatic carbocycles. The number of nitrogens with one attached hydrogen (secondary N) is 1. The fourth-order valence-electron chi connectivity index (χ4n) is 1.06. The Morgan fingerprint density at radius 2 is 2.25 bits per heavy atom. The van der Waals surface area contributed by atoms with Crippen molar-refractivity contribution in [3.63, 3.8) is 0 Å². The average molecular weight is 160 g/mol. The molecule has 0 aliphatic heterocycles. The molecule has 1 aromatic rings. The number of aryl methyl sites for hydroxylation is 1. The molecule has 1 N–H and O–H groups in total. The molecule has 0 radical (unpaired) electrons. The molecule has 62 valence electrons. The van der Waals surface area contributed by atoms with Crippen LogP contribution in [-0.2, 0) is 0 Å². The summed E-state index contributed by atoms with van der Waals surface area (Å²) in [6.07, 6.45) is 0. The van der Waals surface area contributed by atoms with Gasteiger partial charge in [0.25, 0.3) is 0 Å². The standard InChI is InChI=1S/C10H12N2/c1-3-12-10-5-4-8(2)9(6-10)7-11/h4-6,12H,3H2,1-2H3. The van der Waals surface area contributed by atoms with Crippen LogP contribution < -0.4 is 5.32 Å². The highest BCUT2D eigenvalue weighted by atomic mass is 14.8. The number of nitrogens with zero attached hydrogens (tertiary/aromatic N) is 1. The topological polar surface area (TPSA) is 35.8 Å². The lowest BCUT2D eigenvalue weighted by Gasteiger charge is -2.04. The number of nitriles is 1. The Labute approximate surface area is 72.8 Å². The van der Waals surface area contributed by atoms with Gasteiger partial charge in [-0.05, 0) is 31.5 Å². The Hall–Kier alpha value is -1.49. The van der Waals surface area contributed by atoms with Gasteiger partial charge >= 0.3 is 0 Å². The van der Waals surface area contributed by atoms with E-state index in [9.17, 15) is 0 Å². The van der Waals surface area contributed by atoms with Crippen molar-refractivity contribution < 1.29 is 0 Å². The van der Waals surface area contributed by atoms with Gasteiger partial charge in [0.1, 0.15) is 0 Å².